The molecule has 1 aliphatic carbocycles. The van der Waals surface area contributed by atoms with E-state index in [1.165, 1.54) is 40.5 Å². The highest BCUT2D eigenvalue weighted by molar-refractivity contribution is 7.16. The topological polar surface area (TPSA) is 98.5 Å². The summed E-state index contributed by atoms with van der Waals surface area (Å²) < 4.78 is 5.20. The lowest BCUT2D eigenvalue weighted by Gasteiger charge is -2.12. The van der Waals surface area contributed by atoms with Crippen LogP contribution in [-0.2, 0) is 17.6 Å². The molecule has 0 bridgehead atoms. The average molecular weight is 388 g/mol. The number of fused-ring (bicyclic) bond motifs is 1. The fourth-order valence-electron chi connectivity index (χ4n) is 3.14. The molecule has 0 saturated heterocycles. The van der Waals surface area contributed by atoms with Gasteiger partial charge in [0.05, 0.1) is 23.6 Å². The van der Waals surface area contributed by atoms with Gasteiger partial charge >= 0.3 is 5.97 Å². The zero-order valence-electron chi connectivity index (χ0n) is 14.9. The number of aryl methyl sites for hydroxylation is 1. The van der Waals surface area contributed by atoms with E-state index in [4.69, 9.17) is 4.74 Å². The van der Waals surface area contributed by atoms with Crippen LogP contribution in [0.5, 0.6) is 0 Å². The second-order valence-corrected chi connectivity index (χ2v) is 7.32. The van der Waals surface area contributed by atoms with Gasteiger partial charge in [0.1, 0.15) is 5.00 Å². The number of ether oxygens (including phenoxy) is 1. The predicted molar refractivity (Wildman–Crippen MR) is 103 cm³/mol. The smallest absolute Gasteiger partial charge is 0.341 e. The maximum Gasteiger partial charge on any atom is 0.341 e. The minimum atomic E-state index is -0.506. The molecule has 0 aliphatic heterocycles. The molecule has 0 radical (unpaired) electrons. The number of nitro groups is 1. The van der Waals surface area contributed by atoms with Crippen LogP contribution in [0.25, 0.3) is 0 Å². The Balaban J connectivity index is 1.77. The van der Waals surface area contributed by atoms with Crippen LogP contribution in [0.1, 0.15) is 50.9 Å². The van der Waals surface area contributed by atoms with Gasteiger partial charge in [-0.05, 0) is 50.3 Å². The molecule has 8 heteroatoms. The molecule has 142 valence electrons. The van der Waals surface area contributed by atoms with Crippen LogP contribution in [0.3, 0.4) is 0 Å². The Hall–Kier alpha value is -2.74. The van der Waals surface area contributed by atoms with Crippen molar-refractivity contribution in [3.8, 4) is 0 Å². The summed E-state index contributed by atoms with van der Waals surface area (Å²) in [6, 6.07) is 5.49. The number of thiophene rings is 1. The van der Waals surface area contributed by atoms with E-state index in [0.717, 1.165) is 31.2 Å². The van der Waals surface area contributed by atoms with Gasteiger partial charge in [-0.25, -0.2) is 4.79 Å². The Kier molecular flexibility index (Phi) is 5.85. The minimum Gasteiger partial charge on any atom is -0.462 e. The zero-order chi connectivity index (χ0) is 19.4. The lowest BCUT2D eigenvalue weighted by atomic mass is 9.95. The number of anilines is 1. The van der Waals surface area contributed by atoms with Gasteiger partial charge in [0.25, 0.3) is 5.69 Å². The Bertz CT molecular complexity index is 873. The number of carbonyl (C=O) groups excluding carboxylic acids is 2. The van der Waals surface area contributed by atoms with E-state index in [1.54, 1.807) is 6.92 Å². The highest BCUT2D eigenvalue weighted by Crippen LogP contribution is 2.38. The molecule has 27 heavy (non-hydrogen) atoms. The molecule has 0 atom stereocenters. The van der Waals surface area contributed by atoms with Gasteiger partial charge in [-0.3, -0.25) is 14.9 Å². The molecule has 2 aromatic rings. The molecule has 3 rings (SSSR count). The van der Waals surface area contributed by atoms with Crippen molar-refractivity contribution in [2.45, 2.75) is 32.6 Å². The van der Waals surface area contributed by atoms with E-state index in [2.05, 4.69) is 5.32 Å². The third kappa shape index (κ3) is 4.16. The standard InChI is InChI=1S/C19H20N2O5S/c1-2-26-19(23)17-14-5-3-4-6-16(14)27-18(17)20-11-15(22)12-7-9-13(10-8-12)21(24)25/h7-10,20H,2-6,11H2,1H3. The molecule has 0 unspecified atom stereocenters. The fourth-order valence-corrected chi connectivity index (χ4v) is 4.41. The van der Waals surface area contributed by atoms with E-state index in [9.17, 15) is 19.7 Å². The first kappa shape index (κ1) is 19.0. The second kappa shape index (κ2) is 8.30. The van der Waals surface area contributed by atoms with Gasteiger partial charge in [-0.15, -0.1) is 11.3 Å². The maximum atomic E-state index is 12.4. The third-order valence-corrected chi connectivity index (χ3v) is 5.71. The quantitative estimate of drug-likeness (QED) is 0.333. The first-order valence-electron chi connectivity index (χ1n) is 8.84. The number of nitro benzene ring substituents is 1. The number of esters is 1. The normalized spacial score (nSPS) is 12.9. The van der Waals surface area contributed by atoms with Crippen molar-refractivity contribution < 1.29 is 19.2 Å². The number of hydrogen-bond acceptors (Lipinski definition) is 7. The molecule has 0 saturated carbocycles. The number of ketones is 1. The summed E-state index contributed by atoms with van der Waals surface area (Å²) in [7, 11) is 0. The maximum absolute atomic E-state index is 12.4. The van der Waals surface area contributed by atoms with Gasteiger partial charge in [0.15, 0.2) is 5.78 Å². The molecule has 7 nitrogen and oxygen atoms in total. The summed E-state index contributed by atoms with van der Waals surface area (Å²) in [6.07, 6.45) is 3.91. The van der Waals surface area contributed by atoms with Crippen molar-refractivity contribution in [3.63, 3.8) is 0 Å². The van der Waals surface area contributed by atoms with Crippen molar-refractivity contribution >= 4 is 33.8 Å². The van der Waals surface area contributed by atoms with Gasteiger partial charge < -0.3 is 10.1 Å². The van der Waals surface area contributed by atoms with Crippen LogP contribution in [0, 0.1) is 10.1 Å². The molecule has 1 aliphatic rings. The van der Waals surface area contributed by atoms with E-state index >= 15 is 0 Å². The molecule has 0 spiro atoms. The number of benzene rings is 1. The summed E-state index contributed by atoms with van der Waals surface area (Å²) in [5.74, 6) is -0.562. The lowest BCUT2D eigenvalue weighted by Crippen LogP contribution is -2.16. The van der Waals surface area contributed by atoms with Crippen LogP contribution in [0.2, 0.25) is 0 Å². The summed E-state index contributed by atoms with van der Waals surface area (Å²) in [5, 5.41) is 14.5. The van der Waals surface area contributed by atoms with Gasteiger partial charge in [0, 0.05) is 22.6 Å². The Labute approximate surface area is 160 Å². The summed E-state index contributed by atoms with van der Waals surface area (Å²) in [6.45, 7) is 2.07. The third-order valence-electron chi connectivity index (χ3n) is 4.46. The first-order valence-corrected chi connectivity index (χ1v) is 9.66. The number of Topliss-reactive ketones (excluding diaryl/α,β-unsaturated/α-hetero) is 1. The van der Waals surface area contributed by atoms with Crippen LogP contribution >= 0.6 is 11.3 Å². The SMILES string of the molecule is CCOC(=O)c1c(NCC(=O)c2ccc([N+](=O)[O-])cc2)sc2c1CCCC2. The summed E-state index contributed by atoms with van der Waals surface area (Å²) in [5.41, 5.74) is 1.91. The molecule has 0 amide bonds. The van der Waals surface area contributed by atoms with Crippen LogP contribution in [-0.4, -0.2) is 29.8 Å². The molecule has 1 aromatic heterocycles. The highest BCUT2D eigenvalue weighted by Gasteiger charge is 2.26. The number of hydrogen-bond donors (Lipinski definition) is 1. The van der Waals surface area contributed by atoms with E-state index < -0.39 is 4.92 Å². The zero-order valence-corrected chi connectivity index (χ0v) is 15.8. The van der Waals surface area contributed by atoms with Crippen molar-refractivity contribution in [2.24, 2.45) is 0 Å². The van der Waals surface area contributed by atoms with Crippen molar-refractivity contribution in [1.82, 2.24) is 0 Å². The van der Waals surface area contributed by atoms with Crippen LogP contribution in [0.15, 0.2) is 24.3 Å². The number of carbonyl (C=O) groups is 2. The van der Waals surface area contributed by atoms with E-state index in [1.807, 2.05) is 0 Å². The second-order valence-electron chi connectivity index (χ2n) is 6.22. The van der Waals surface area contributed by atoms with Crippen molar-refractivity contribution in [3.05, 3.63) is 55.9 Å². The minimum absolute atomic E-state index is 0.00358. The highest BCUT2D eigenvalue weighted by atomic mass is 32.1. The summed E-state index contributed by atoms with van der Waals surface area (Å²) in [4.78, 5) is 36.2. The average Bonchev–Trinajstić information content (AvgIpc) is 3.04. The molecule has 0 fully saturated rings. The number of non-ortho nitro benzene ring substituents is 1. The largest absolute Gasteiger partial charge is 0.462 e. The number of rotatable bonds is 7. The number of nitrogens with zero attached hydrogens (tertiary/aromatic N) is 1. The van der Waals surface area contributed by atoms with Gasteiger partial charge in [-0.2, -0.15) is 0 Å². The monoisotopic (exact) mass is 388 g/mol. The molecule has 1 aromatic carbocycles. The predicted octanol–water partition coefficient (Wildman–Crippen LogP) is 4.01. The van der Waals surface area contributed by atoms with Gasteiger partial charge in [-0.1, -0.05) is 0 Å². The van der Waals surface area contributed by atoms with E-state index in [0.29, 0.717) is 22.7 Å². The fraction of sp³-hybridized carbons (Fsp3) is 0.368. The van der Waals surface area contributed by atoms with Crippen LogP contribution in [0.4, 0.5) is 10.7 Å². The van der Waals surface area contributed by atoms with Crippen molar-refractivity contribution in [2.75, 3.05) is 18.5 Å². The number of nitrogens with one attached hydrogen (secondary N) is 1. The molecular weight excluding hydrogens is 368 g/mol. The Morgan fingerprint density at radius 1 is 1.22 bits per heavy atom. The van der Waals surface area contributed by atoms with Crippen LogP contribution < -0.4 is 5.32 Å². The summed E-state index contributed by atoms with van der Waals surface area (Å²) >= 11 is 1.51. The molecule has 1 N–H and O–H groups in total. The molecular formula is C19H20N2O5S. The Morgan fingerprint density at radius 3 is 2.59 bits per heavy atom. The first-order chi connectivity index (χ1) is 13.0. The van der Waals surface area contributed by atoms with E-state index in [-0.39, 0.29) is 24.0 Å². The van der Waals surface area contributed by atoms with Crippen molar-refractivity contribution in [1.29, 1.82) is 0 Å². The molecule has 1 heterocycles. The lowest BCUT2D eigenvalue weighted by molar-refractivity contribution is -0.384. The Morgan fingerprint density at radius 2 is 1.93 bits per heavy atom. The van der Waals surface area contributed by atoms with Gasteiger partial charge in [0.2, 0.25) is 0 Å².